The van der Waals surface area contributed by atoms with Gasteiger partial charge in [-0.15, -0.1) is 12.4 Å². The summed E-state index contributed by atoms with van der Waals surface area (Å²) in [4.78, 5) is 11.2. The van der Waals surface area contributed by atoms with Crippen LogP contribution < -0.4 is 5.32 Å². The van der Waals surface area contributed by atoms with Gasteiger partial charge in [-0.1, -0.05) is 0 Å². The molecule has 1 N–H and O–H groups in total. The molecule has 0 saturated carbocycles. The zero-order valence-electron chi connectivity index (χ0n) is 8.14. The zero-order valence-corrected chi connectivity index (χ0v) is 8.96. The Bertz CT molecular complexity index is 137. The Balaban J connectivity index is 0. The number of carbonyl (C=O) groups is 1. The van der Waals surface area contributed by atoms with Crippen LogP contribution in [0.25, 0.3) is 0 Å². The van der Waals surface area contributed by atoms with Gasteiger partial charge >= 0.3 is 5.97 Å². The monoisotopic (exact) mass is 195 g/mol. The van der Waals surface area contributed by atoms with E-state index in [4.69, 9.17) is 4.74 Å². The Morgan fingerprint density at radius 1 is 1.50 bits per heavy atom. The van der Waals surface area contributed by atoms with E-state index in [1.54, 1.807) is 0 Å². The zero-order chi connectivity index (χ0) is 8.91. The normalized spacial score (nSPS) is 10.3. The van der Waals surface area contributed by atoms with E-state index in [1.807, 2.05) is 27.8 Å². The van der Waals surface area contributed by atoms with E-state index in [-0.39, 0.29) is 18.4 Å². The molecule has 3 nitrogen and oxygen atoms in total. The van der Waals surface area contributed by atoms with Crippen LogP contribution >= 0.6 is 12.4 Å². The van der Waals surface area contributed by atoms with Gasteiger partial charge in [-0.25, -0.2) is 0 Å². The summed E-state index contributed by atoms with van der Waals surface area (Å²) in [5.41, 5.74) is -0.412. The van der Waals surface area contributed by atoms with Crippen LogP contribution in [0.2, 0.25) is 0 Å². The highest BCUT2D eigenvalue weighted by Gasteiger charge is 2.27. The molecule has 12 heavy (non-hydrogen) atoms. The molecular formula is C8H18ClNO2. The molecule has 0 spiro atoms. The lowest BCUT2D eigenvalue weighted by atomic mass is 9.94. The molecule has 0 aromatic carbocycles. The molecule has 0 aliphatic heterocycles. The smallest absolute Gasteiger partial charge is 0.312 e. The lowest BCUT2D eigenvalue weighted by Gasteiger charge is -2.21. The Kier molecular flexibility index (Phi) is 7.44. The number of hydrogen-bond donors (Lipinski definition) is 1. The summed E-state index contributed by atoms with van der Waals surface area (Å²) >= 11 is 0. The van der Waals surface area contributed by atoms with E-state index in [1.165, 1.54) is 0 Å². The average molecular weight is 196 g/mol. The van der Waals surface area contributed by atoms with Crippen molar-refractivity contribution < 1.29 is 9.53 Å². The van der Waals surface area contributed by atoms with E-state index in [9.17, 15) is 4.79 Å². The van der Waals surface area contributed by atoms with Gasteiger partial charge in [0.15, 0.2) is 0 Å². The molecule has 0 aromatic heterocycles. The fraction of sp³-hybridized carbons (Fsp3) is 0.875. The van der Waals surface area contributed by atoms with E-state index in [0.29, 0.717) is 13.2 Å². The van der Waals surface area contributed by atoms with Crippen LogP contribution in [0.4, 0.5) is 0 Å². The van der Waals surface area contributed by atoms with Crippen LogP contribution in [0.5, 0.6) is 0 Å². The third-order valence-corrected chi connectivity index (χ3v) is 1.45. The van der Waals surface area contributed by atoms with Crippen LogP contribution in [0, 0.1) is 5.41 Å². The second-order valence-corrected chi connectivity index (χ2v) is 3.13. The van der Waals surface area contributed by atoms with Crippen molar-refractivity contribution in [2.24, 2.45) is 5.41 Å². The van der Waals surface area contributed by atoms with Crippen molar-refractivity contribution in [3.8, 4) is 0 Å². The Labute approximate surface area is 80.3 Å². The second kappa shape index (κ2) is 6.26. The van der Waals surface area contributed by atoms with Gasteiger partial charge in [0.2, 0.25) is 0 Å². The molecule has 0 bridgehead atoms. The Morgan fingerprint density at radius 2 is 2.00 bits per heavy atom. The number of esters is 1. The minimum atomic E-state index is -0.412. The first-order valence-electron chi connectivity index (χ1n) is 3.86. The molecule has 74 valence electrons. The van der Waals surface area contributed by atoms with Crippen molar-refractivity contribution in [1.82, 2.24) is 5.32 Å². The minimum absolute atomic E-state index is 0. The molecule has 0 rings (SSSR count). The third kappa shape index (κ3) is 4.57. The quantitative estimate of drug-likeness (QED) is 0.686. The predicted molar refractivity (Wildman–Crippen MR) is 51.6 cm³/mol. The standard InChI is InChI=1S/C8H17NO2.ClH/c1-5-11-7(10)8(2,3)6-9-4;/h9H,5-6H2,1-4H3;1H. The minimum Gasteiger partial charge on any atom is -0.466 e. The maximum absolute atomic E-state index is 11.2. The molecule has 0 unspecified atom stereocenters. The summed E-state index contributed by atoms with van der Waals surface area (Å²) in [6, 6.07) is 0. The van der Waals surface area contributed by atoms with E-state index in [0.717, 1.165) is 0 Å². The molecule has 0 saturated heterocycles. The summed E-state index contributed by atoms with van der Waals surface area (Å²) in [7, 11) is 1.82. The third-order valence-electron chi connectivity index (χ3n) is 1.45. The molecular weight excluding hydrogens is 178 g/mol. The maximum atomic E-state index is 11.2. The summed E-state index contributed by atoms with van der Waals surface area (Å²) in [5.74, 6) is -0.144. The molecule has 0 amide bonds. The number of nitrogens with one attached hydrogen (secondary N) is 1. The van der Waals surface area contributed by atoms with Gasteiger partial charge in [-0.3, -0.25) is 4.79 Å². The lowest BCUT2D eigenvalue weighted by Crippen LogP contribution is -2.35. The van der Waals surface area contributed by atoms with Gasteiger partial charge in [0.05, 0.1) is 12.0 Å². The SMILES string of the molecule is CCOC(=O)C(C)(C)CNC.Cl. The Hall–Kier alpha value is -0.280. The topological polar surface area (TPSA) is 38.3 Å². The summed E-state index contributed by atoms with van der Waals surface area (Å²) < 4.78 is 4.88. The van der Waals surface area contributed by atoms with E-state index in [2.05, 4.69) is 5.32 Å². The van der Waals surface area contributed by atoms with Crippen molar-refractivity contribution in [3.05, 3.63) is 0 Å². The summed E-state index contributed by atoms with van der Waals surface area (Å²) in [5, 5.41) is 2.95. The summed E-state index contributed by atoms with van der Waals surface area (Å²) in [6.07, 6.45) is 0. The highest BCUT2D eigenvalue weighted by molar-refractivity contribution is 5.85. The van der Waals surface area contributed by atoms with Crippen LogP contribution in [-0.4, -0.2) is 26.2 Å². The highest BCUT2D eigenvalue weighted by atomic mass is 35.5. The Morgan fingerprint density at radius 3 is 2.33 bits per heavy atom. The van der Waals surface area contributed by atoms with Crippen molar-refractivity contribution in [1.29, 1.82) is 0 Å². The van der Waals surface area contributed by atoms with Crippen LogP contribution in [0.1, 0.15) is 20.8 Å². The molecule has 0 fully saturated rings. The largest absolute Gasteiger partial charge is 0.466 e. The van der Waals surface area contributed by atoms with Gasteiger partial charge in [0, 0.05) is 6.54 Å². The fourth-order valence-corrected chi connectivity index (χ4v) is 0.841. The van der Waals surface area contributed by atoms with Gasteiger partial charge < -0.3 is 10.1 Å². The molecule has 0 aliphatic carbocycles. The van der Waals surface area contributed by atoms with Gasteiger partial charge in [0.25, 0.3) is 0 Å². The van der Waals surface area contributed by atoms with Crippen molar-refractivity contribution in [2.45, 2.75) is 20.8 Å². The molecule has 0 radical (unpaired) electrons. The number of hydrogen-bond acceptors (Lipinski definition) is 3. The molecule has 4 heteroatoms. The second-order valence-electron chi connectivity index (χ2n) is 3.13. The first-order chi connectivity index (χ1) is 5.04. The number of carbonyl (C=O) groups excluding carboxylic acids is 1. The fourth-order valence-electron chi connectivity index (χ4n) is 0.841. The predicted octanol–water partition coefficient (Wildman–Crippen LogP) is 1.22. The first-order valence-corrected chi connectivity index (χ1v) is 3.86. The molecule has 0 atom stereocenters. The van der Waals surface area contributed by atoms with Gasteiger partial charge in [-0.05, 0) is 27.8 Å². The lowest BCUT2D eigenvalue weighted by molar-refractivity contribution is -0.153. The van der Waals surface area contributed by atoms with E-state index < -0.39 is 5.41 Å². The van der Waals surface area contributed by atoms with Gasteiger partial charge in [0.1, 0.15) is 0 Å². The van der Waals surface area contributed by atoms with E-state index >= 15 is 0 Å². The maximum Gasteiger partial charge on any atom is 0.312 e. The van der Waals surface area contributed by atoms with Crippen molar-refractivity contribution in [3.63, 3.8) is 0 Å². The first kappa shape index (κ1) is 14.3. The highest BCUT2D eigenvalue weighted by Crippen LogP contribution is 2.15. The molecule has 0 aliphatic rings. The van der Waals surface area contributed by atoms with Crippen LogP contribution in [-0.2, 0) is 9.53 Å². The van der Waals surface area contributed by atoms with Crippen molar-refractivity contribution >= 4 is 18.4 Å². The summed E-state index contributed by atoms with van der Waals surface area (Å²) in [6.45, 7) is 6.63. The average Bonchev–Trinajstić information content (AvgIpc) is 1.88. The number of rotatable bonds is 4. The molecule has 0 aromatic rings. The van der Waals surface area contributed by atoms with Crippen molar-refractivity contribution in [2.75, 3.05) is 20.2 Å². The number of ether oxygens (including phenoxy) is 1. The van der Waals surface area contributed by atoms with Crippen LogP contribution in [0.15, 0.2) is 0 Å². The van der Waals surface area contributed by atoms with Gasteiger partial charge in [-0.2, -0.15) is 0 Å². The molecule has 0 heterocycles. The number of halogens is 1. The van der Waals surface area contributed by atoms with Crippen LogP contribution in [0.3, 0.4) is 0 Å².